The van der Waals surface area contributed by atoms with Crippen LogP contribution in [0.2, 0.25) is 5.02 Å². The average Bonchev–Trinajstić information content (AvgIpc) is 3.50. The van der Waals surface area contributed by atoms with Gasteiger partial charge in [0.25, 0.3) is 11.7 Å². The second-order valence-electron chi connectivity index (χ2n) is 7.72. The molecule has 2 unspecified atom stereocenters. The Morgan fingerprint density at radius 2 is 1.97 bits per heavy atom. The van der Waals surface area contributed by atoms with E-state index in [2.05, 4.69) is 0 Å². The van der Waals surface area contributed by atoms with Crippen LogP contribution in [0.4, 0.5) is 0 Å². The number of methoxy groups -OCH3 is 2. The van der Waals surface area contributed by atoms with Gasteiger partial charge in [0.15, 0.2) is 0 Å². The minimum absolute atomic E-state index is 0.0926. The number of aliphatic hydroxyl groups excluding tert-OH is 1. The fraction of sp³-hybridized carbons (Fsp3) is 0.391. The number of likely N-dealkylation sites (tertiary alicyclic amines) is 1. The molecule has 32 heavy (non-hydrogen) atoms. The maximum Gasteiger partial charge on any atom is 0.295 e. The molecule has 4 rings (SSSR count). The monoisotopic (exact) mass is 461 g/mol. The van der Waals surface area contributed by atoms with Crippen LogP contribution < -0.4 is 9.47 Å². The SMILES string of the molecule is COc1cc(/C(O)=C2\C(=O)C(=O)N(CC3CCCO3)C2c2ccc(C)o2)c(OC)cc1Cl. The molecule has 170 valence electrons. The number of carbonyl (C=O) groups excluding carboxylic acids is 2. The van der Waals surface area contributed by atoms with Crippen molar-refractivity contribution in [1.82, 2.24) is 4.90 Å². The Hall–Kier alpha value is -2.97. The molecule has 0 radical (unpaired) electrons. The number of Topliss-reactive ketones (excluding diaryl/α,β-unsaturated/α-hetero) is 1. The summed E-state index contributed by atoms with van der Waals surface area (Å²) in [5.74, 6) is -0.420. The summed E-state index contributed by atoms with van der Waals surface area (Å²) in [4.78, 5) is 27.5. The van der Waals surface area contributed by atoms with Crippen LogP contribution in [0.3, 0.4) is 0 Å². The molecule has 0 aliphatic carbocycles. The number of hydrogen-bond acceptors (Lipinski definition) is 7. The minimum atomic E-state index is -0.903. The molecule has 0 saturated carbocycles. The van der Waals surface area contributed by atoms with Crippen molar-refractivity contribution in [1.29, 1.82) is 0 Å². The van der Waals surface area contributed by atoms with Crippen molar-refractivity contribution in [2.24, 2.45) is 0 Å². The van der Waals surface area contributed by atoms with Crippen molar-refractivity contribution in [2.75, 3.05) is 27.4 Å². The van der Waals surface area contributed by atoms with Gasteiger partial charge in [-0.15, -0.1) is 0 Å². The molecule has 1 aromatic carbocycles. The number of carbonyl (C=O) groups is 2. The maximum absolute atomic E-state index is 13.1. The molecule has 2 aromatic rings. The van der Waals surface area contributed by atoms with Gasteiger partial charge in [-0.05, 0) is 38.0 Å². The molecular formula is C23H24ClNO7. The van der Waals surface area contributed by atoms with Gasteiger partial charge in [-0.1, -0.05) is 11.6 Å². The predicted molar refractivity (Wildman–Crippen MR) is 116 cm³/mol. The van der Waals surface area contributed by atoms with Crippen molar-refractivity contribution in [3.05, 3.63) is 51.9 Å². The molecule has 2 saturated heterocycles. The Kier molecular flexibility index (Phi) is 6.17. The maximum atomic E-state index is 13.1. The van der Waals surface area contributed by atoms with Crippen molar-refractivity contribution in [3.63, 3.8) is 0 Å². The number of furan rings is 1. The summed E-state index contributed by atoms with van der Waals surface area (Å²) >= 11 is 6.18. The first kappa shape index (κ1) is 22.2. The molecule has 3 heterocycles. The zero-order valence-corrected chi connectivity index (χ0v) is 18.8. The second kappa shape index (κ2) is 8.88. The summed E-state index contributed by atoms with van der Waals surface area (Å²) in [6, 6.07) is 5.48. The van der Waals surface area contributed by atoms with Gasteiger partial charge >= 0.3 is 0 Å². The Morgan fingerprint density at radius 1 is 1.22 bits per heavy atom. The van der Waals surface area contributed by atoms with Gasteiger partial charge in [0.2, 0.25) is 0 Å². The van der Waals surface area contributed by atoms with Gasteiger partial charge in [0, 0.05) is 19.2 Å². The average molecular weight is 462 g/mol. The third-order valence-electron chi connectivity index (χ3n) is 5.72. The van der Waals surface area contributed by atoms with E-state index < -0.39 is 23.5 Å². The lowest BCUT2D eigenvalue weighted by atomic mass is 9.98. The molecule has 1 aromatic heterocycles. The van der Waals surface area contributed by atoms with Crippen LogP contribution in [0.25, 0.3) is 5.76 Å². The molecule has 2 fully saturated rings. The topological polar surface area (TPSA) is 98.4 Å². The van der Waals surface area contributed by atoms with E-state index in [0.29, 0.717) is 18.1 Å². The lowest BCUT2D eigenvalue weighted by Gasteiger charge is -2.26. The van der Waals surface area contributed by atoms with Gasteiger partial charge in [0.05, 0.1) is 36.5 Å². The van der Waals surface area contributed by atoms with Gasteiger partial charge in [-0.2, -0.15) is 0 Å². The summed E-state index contributed by atoms with van der Waals surface area (Å²) in [5, 5.41) is 11.6. The highest BCUT2D eigenvalue weighted by Gasteiger charge is 2.48. The lowest BCUT2D eigenvalue weighted by molar-refractivity contribution is -0.141. The first-order valence-electron chi connectivity index (χ1n) is 10.2. The van der Waals surface area contributed by atoms with Gasteiger partial charge < -0.3 is 28.6 Å². The second-order valence-corrected chi connectivity index (χ2v) is 8.13. The number of aliphatic hydroxyl groups is 1. The molecule has 2 atom stereocenters. The third kappa shape index (κ3) is 3.84. The molecule has 1 N–H and O–H groups in total. The third-order valence-corrected chi connectivity index (χ3v) is 6.02. The zero-order chi connectivity index (χ0) is 23.0. The summed E-state index contributed by atoms with van der Waals surface area (Å²) < 4.78 is 22.1. The van der Waals surface area contributed by atoms with Crippen LogP contribution in [-0.4, -0.2) is 55.2 Å². The van der Waals surface area contributed by atoms with E-state index in [-0.39, 0.29) is 40.3 Å². The van der Waals surface area contributed by atoms with Crippen molar-refractivity contribution >= 4 is 29.1 Å². The van der Waals surface area contributed by atoms with Crippen molar-refractivity contribution in [2.45, 2.75) is 31.9 Å². The quantitative estimate of drug-likeness (QED) is 0.396. The van der Waals surface area contributed by atoms with Crippen LogP contribution in [-0.2, 0) is 14.3 Å². The van der Waals surface area contributed by atoms with E-state index in [1.54, 1.807) is 19.1 Å². The first-order chi connectivity index (χ1) is 15.3. The van der Waals surface area contributed by atoms with Crippen molar-refractivity contribution < 1.29 is 33.3 Å². The number of ether oxygens (including phenoxy) is 3. The van der Waals surface area contributed by atoms with E-state index >= 15 is 0 Å². The Balaban J connectivity index is 1.87. The number of aryl methyl sites for hydroxylation is 1. The van der Waals surface area contributed by atoms with E-state index in [0.717, 1.165) is 12.8 Å². The van der Waals surface area contributed by atoms with Crippen LogP contribution in [0.1, 0.15) is 36.0 Å². The molecule has 0 spiro atoms. The van der Waals surface area contributed by atoms with Gasteiger partial charge in [0.1, 0.15) is 34.8 Å². The smallest absolute Gasteiger partial charge is 0.295 e. The Morgan fingerprint density at radius 3 is 2.56 bits per heavy atom. The minimum Gasteiger partial charge on any atom is -0.507 e. The highest BCUT2D eigenvalue weighted by atomic mass is 35.5. The van der Waals surface area contributed by atoms with Crippen LogP contribution >= 0.6 is 11.6 Å². The van der Waals surface area contributed by atoms with E-state index in [9.17, 15) is 14.7 Å². The number of hydrogen-bond donors (Lipinski definition) is 1. The molecule has 8 nitrogen and oxygen atoms in total. The van der Waals surface area contributed by atoms with Crippen molar-refractivity contribution in [3.8, 4) is 11.5 Å². The Bertz CT molecular complexity index is 1080. The molecule has 2 aliphatic heterocycles. The van der Waals surface area contributed by atoms with Gasteiger partial charge in [-0.3, -0.25) is 9.59 Å². The summed E-state index contributed by atoms with van der Waals surface area (Å²) in [6.07, 6.45) is 1.49. The summed E-state index contributed by atoms with van der Waals surface area (Å²) in [6.45, 7) is 2.59. The molecular weight excluding hydrogens is 438 g/mol. The fourth-order valence-corrected chi connectivity index (χ4v) is 4.39. The summed E-state index contributed by atoms with van der Waals surface area (Å²) in [7, 11) is 2.85. The Labute approximate surface area is 190 Å². The van der Waals surface area contributed by atoms with Crippen LogP contribution in [0.5, 0.6) is 11.5 Å². The van der Waals surface area contributed by atoms with Gasteiger partial charge in [-0.25, -0.2) is 0 Å². The standard InChI is InChI=1S/C23H24ClNO7/c1-12-6-7-16(32-12)20-19(22(27)23(28)25(20)11-13-5-4-8-31-13)21(26)14-9-18(30-3)15(24)10-17(14)29-2/h6-7,9-10,13,20,26H,4-5,8,11H2,1-3H3/b21-19+. The number of ketones is 1. The molecule has 9 heteroatoms. The molecule has 1 amide bonds. The fourth-order valence-electron chi connectivity index (χ4n) is 4.16. The lowest BCUT2D eigenvalue weighted by Crippen LogP contribution is -2.36. The van der Waals surface area contributed by atoms with E-state index in [1.165, 1.54) is 31.3 Å². The molecule has 2 aliphatic rings. The van der Waals surface area contributed by atoms with Crippen LogP contribution in [0, 0.1) is 6.92 Å². The number of nitrogens with zero attached hydrogens (tertiary/aromatic N) is 1. The first-order valence-corrected chi connectivity index (χ1v) is 10.6. The summed E-state index contributed by atoms with van der Waals surface area (Å²) in [5.41, 5.74) is 0.0853. The highest BCUT2D eigenvalue weighted by molar-refractivity contribution is 6.46. The number of amides is 1. The van der Waals surface area contributed by atoms with E-state index in [1.807, 2.05) is 0 Å². The highest BCUT2D eigenvalue weighted by Crippen LogP contribution is 2.43. The number of rotatable bonds is 6. The zero-order valence-electron chi connectivity index (χ0n) is 18.0. The van der Waals surface area contributed by atoms with Crippen LogP contribution in [0.15, 0.2) is 34.3 Å². The largest absolute Gasteiger partial charge is 0.507 e. The predicted octanol–water partition coefficient (Wildman–Crippen LogP) is 3.86. The molecule has 0 bridgehead atoms. The normalized spacial score (nSPS) is 22.6. The van der Waals surface area contributed by atoms with E-state index in [4.69, 9.17) is 30.2 Å². The number of benzene rings is 1. The number of halogens is 1.